The minimum atomic E-state index is -0.697. The quantitative estimate of drug-likeness (QED) is 0.751. The molecule has 0 radical (unpaired) electrons. The summed E-state index contributed by atoms with van der Waals surface area (Å²) >= 11 is 0. The van der Waals surface area contributed by atoms with Gasteiger partial charge in [0.05, 0.1) is 19.5 Å². The van der Waals surface area contributed by atoms with Crippen LogP contribution in [0.4, 0.5) is 0 Å². The van der Waals surface area contributed by atoms with E-state index in [-0.39, 0.29) is 11.7 Å². The van der Waals surface area contributed by atoms with Crippen molar-refractivity contribution < 1.29 is 23.5 Å². The first-order valence-electron chi connectivity index (χ1n) is 7.89. The first kappa shape index (κ1) is 17.5. The van der Waals surface area contributed by atoms with Crippen molar-refractivity contribution in [3.8, 4) is 0 Å². The number of morpholine rings is 1. The smallest absolute Gasteiger partial charge is 0.328 e. The number of carbonyl (C=O) groups excluding carboxylic acids is 2. The highest BCUT2D eigenvalue weighted by Crippen LogP contribution is 2.07. The average molecular weight is 324 g/mol. The van der Waals surface area contributed by atoms with Gasteiger partial charge < -0.3 is 19.2 Å². The van der Waals surface area contributed by atoms with Gasteiger partial charge in [-0.1, -0.05) is 13.8 Å². The number of nitrogens with one attached hydrogen (secondary N) is 1. The maximum atomic E-state index is 12.2. The fraction of sp³-hybridized carbons (Fsp3) is 0.625. The number of rotatable bonds is 7. The Labute approximate surface area is 135 Å². The fourth-order valence-electron chi connectivity index (χ4n) is 2.31. The van der Waals surface area contributed by atoms with Crippen LogP contribution in [0.3, 0.4) is 0 Å². The van der Waals surface area contributed by atoms with Crippen molar-refractivity contribution in [2.24, 2.45) is 5.92 Å². The third kappa shape index (κ3) is 5.37. The molecule has 1 N–H and O–H groups in total. The van der Waals surface area contributed by atoms with Gasteiger partial charge in [-0.25, -0.2) is 4.79 Å². The lowest BCUT2D eigenvalue weighted by atomic mass is 10.0. The molecule has 1 atom stereocenters. The van der Waals surface area contributed by atoms with Crippen molar-refractivity contribution >= 4 is 11.9 Å². The molecule has 128 valence electrons. The van der Waals surface area contributed by atoms with Gasteiger partial charge in [-0.05, 0) is 18.1 Å². The summed E-state index contributed by atoms with van der Waals surface area (Å²) in [6, 6.07) is 2.48. The summed E-state index contributed by atoms with van der Waals surface area (Å²) in [5, 5.41) is 2.67. The highest BCUT2D eigenvalue weighted by Gasteiger charge is 2.27. The maximum absolute atomic E-state index is 12.2. The van der Waals surface area contributed by atoms with Crippen LogP contribution in [0.25, 0.3) is 0 Å². The van der Waals surface area contributed by atoms with Crippen LogP contribution in [-0.4, -0.2) is 62.3 Å². The van der Waals surface area contributed by atoms with E-state index in [1.807, 2.05) is 13.8 Å². The molecular weight excluding hydrogens is 300 g/mol. The molecule has 1 fully saturated rings. The molecule has 0 spiro atoms. The van der Waals surface area contributed by atoms with Gasteiger partial charge >= 0.3 is 5.97 Å². The SMILES string of the molecule is CC(C)[C@@H](NC(=O)c1ccco1)C(=O)OCCN1CCOCC1. The second kappa shape index (κ2) is 8.69. The number of hydrogen-bond acceptors (Lipinski definition) is 6. The van der Waals surface area contributed by atoms with E-state index in [0.717, 1.165) is 13.1 Å². The van der Waals surface area contributed by atoms with Gasteiger partial charge in [-0.15, -0.1) is 0 Å². The molecule has 0 aliphatic carbocycles. The lowest BCUT2D eigenvalue weighted by Crippen LogP contribution is -2.46. The Morgan fingerprint density at radius 2 is 2.09 bits per heavy atom. The fourth-order valence-corrected chi connectivity index (χ4v) is 2.31. The molecule has 1 aromatic heterocycles. The molecule has 23 heavy (non-hydrogen) atoms. The maximum Gasteiger partial charge on any atom is 0.328 e. The van der Waals surface area contributed by atoms with E-state index in [1.165, 1.54) is 6.26 Å². The standard InChI is InChI=1S/C16H24N2O5/c1-12(2)14(17-15(19)13-4-3-8-22-13)16(20)23-11-7-18-5-9-21-10-6-18/h3-4,8,12,14H,5-7,9-11H2,1-2H3,(H,17,19)/t14-/m1/s1. The topological polar surface area (TPSA) is 81.0 Å². The van der Waals surface area contributed by atoms with Crippen molar-refractivity contribution in [1.29, 1.82) is 0 Å². The third-order valence-corrected chi connectivity index (χ3v) is 3.71. The van der Waals surface area contributed by atoms with E-state index in [9.17, 15) is 9.59 Å². The number of nitrogens with zero attached hydrogens (tertiary/aromatic N) is 1. The van der Waals surface area contributed by atoms with E-state index in [1.54, 1.807) is 12.1 Å². The van der Waals surface area contributed by atoms with Crippen molar-refractivity contribution in [1.82, 2.24) is 10.2 Å². The molecule has 1 aliphatic rings. The molecule has 1 aliphatic heterocycles. The van der Waals surface area contributed by atoms with Crippen LogP contribution in [0.2, 0.25) is 0 Å². The van der Waals surface area contributed by atoms with Crippen LogP contribution in [0.15, 0.2) is 22.8 Å². The molecule has 0 bridgehead atoms. The molecule has 0 unspecified atom stereocenters. The van der Waals surface area contributed by atoms with Crippen LogP contribution in [-0.2, 0) is 14.3 Å². The molecular formula is C16H24N2O5. The Morgan fingerprint density at radius 1 is 1.35 bits per heavy atom. The molecule has 7 heteroatoms. The first-order valence-corrected chi connectivity index (χ1v) is 7.89. The Kier molecular flexibility index (Phi) is 6.61. The Hall–Kier alpha value is -1.86. The molecule has 1 amide bonds. The number of esters is 1. The van der Waals surface area contributed by atoms with Gasteiger partial charge in [0.1, 0.15) is 12.6 Å². The number of ether oxygens (including phenoxy) is 2. The number of carbonyl (C=O) groups is 2. The first-order chi connectivity index (χ1) is 11.1. The molecule has 0 aromatic carbocycles. The van der Waals surface area contributed by atoms with Crippen molar-refractivity contribution in [2.75, 3.05) is 39.5 Å². The summed E-state index contributed by atoms with van der Waals surface area (Å²) in [6.45, 7) is 7.81. The van der Waals surface area contributed by atoms with Crippen LogP contribution in [0.5, 0.6) is 0 Å². The minimum absolute atomic E-state index is 0.0789. The lowest BCUT2D eigenvalue weighted by Gasteiger charge is -2.27. The minimum Gasteiger partial charge on any atom is -0.463 e. The van der Waals surface area contributed by atoms with Crippen LogP contribution < -0.4 is 5.32 Å². The Balaban J connectivity index is 1.79. The monoisotopic (exact) mass is 324 g/mol. The van der Waals surface area contributed by atoms with Gasteiger partial charge in [0.2, 0.25) is 0 Å². The van der Waals surface area contributed by atoms with Crippen molar-refractivity contribution in [3.63, 3.8) is 0 Å². The zero-order valence-electron chi connectivity index (χ0n) is 13.6. The second-order valence-corrected chi connectivity index (χ2v) is 5.79. The normalized spacial score (nSPS) is 17.0. The van der Waals surface area contributed by atoms with Crippen LogP contribution >= 0.6 is 0 Å². The van der Waals surface area contributed by atoms with E-state index >= 15 is 0 Å². The summed E-state index contributed by atoms with van der Waals surface area (Å²) < 4.78 is 15.6. The van der Waals surface area contributed by atoms with Gasteiger partial charge in [0.15, 0.2) is 5.76 Å². The average Bonchev–Trinajstić information content (AvgIpc) is 3.07. The zero-order chi connectivity index (χ0) is 16.7. The van der Waals surface area contributed by atoms with Gasteiger partial charge in [0, 0.05) is 19.6 Å². The summed E-state index contributed by atoms with van der Waals surface area (Å²) in [5.41, 5.74) is 0. The third-order valence-electron chi connectivity index (χ3n) is 3.71. The van der Waals surface area contributed by atoms with E-state index < -0.39 is 17.9 Å². The highest BCUT2D eigenvalue weighted by atomic mass is 16.5. The summed E-state index contributed by atoms with van der Waals surface area (Å²) in [7, 11) is 0. The van der Waals surface area contributed by atoms with Crippen LogP contribution in [0.1, 0.15) is 24.4 Å². The summed E-state index contributed by atoms with van der Waals surface area (Å²) in [4.78, 5) is 26.4. The number of furan rings is 1. The lowest BCUT2D eigenvalue weighted by molar-refractivity contribution is -0.147. The van der Waals surface area contributed by atoms with Gasteiger partial charge in [-0.3, -0.25) is 9.69 Å². The second-order valence-electron chi connectivity index (χ2n) is 5.79. The van der Waals surface area contributed by atoms with E-state index in [0.29, 0.717) is 26.4 Å². The molecule has 1 saturated heterocycles. The molecule has 1 aromatic rings. The van der Waals surface area contributed by atoms with Crippen molar-refractivity contribution in [2.45, 2.75) is 19.9 Å². The molecule has 7 nitrogen and oxygen atoms in total. The van der Waals surface area contributed by atoms with E-state index in [4.69, 9.17) is 13.9 Å². The Morgan fingerprint density at radius 3 is 2.70 bits per heavy atom. The number of amides is 1. The Bertz CT molecular complexity index is 495. The number of hydrogen-bond donors (Lipinski definition) is 1. The molecule has 2 heterocycles. The summed E-state index contributed by atoms with van der Waals surface area (Å²) in [5.74, 6) is -0.742. The zero-order valence-corrected chi connectivity index (χ0v) is 13.6. The van der Waals surface area contributed by atoms with E-state index in [2.05, 4.69) is 10.2 Å². The largest absolute Gasteiger partial charge is 0.463 e. The highest BCUT2D eigenvalue weighted by molar-refractivity contribution is 5.94. The van der Waals surface area contributed by atoms with Crippen LogP contribution in [0, 0.1) is 5.92 Å². The van der Waals surface area contributed by atoms with Gasteiger partial charge in [0.25, 0.3) is 5.91 Å². The van der Waals surface area contributed by atoms with Gasteiger partial charge in [-0.2, -0.15) is 0 Å². The van der Waals surface area contributed by atoms with Crippen molar-refractivity contribution in [3.05, 3.63) is 24.2 Å². The molecule has 0 saturated carbocycles. The summed E-state index contributed by atoms with van der Waals surface area (Å²) in [6.07, 6.45) is 1.42. The molecule has 2 rings (SSSR count). The predicted molar refractivity (Wildman–Crippen MR) is 83.0 cm³/mol. The predicted octanol–water partition coefficient (Wildman–Crippen LogP) is 0.909.